The van der Waals surface area contributed by atoms with Gasteiger partial charge in [-0.2, -0.15) is 0 Å². The van der Waals surface area contributed by atoms with Crippen LogP contribution < -0.4 is 0 Å². The van der Waals surface area contributed by atoms with Gasteiger partial charge in [-0.25, -0.2) is 0 Å². The van der Waals surface area contributed by atoms with E-state index in [-0.39, 0.29) is 16.2 Å². The topological polar surface area (TPSA) is 46.1 Å². The highest BCUT2D eigenvalue weighted by atomic mass is 35.5. The number of rotatable bonds is 3. The Bertz CT molecular complexity index is 461. The summed E-state index contributed by atoms with van der Waals surface area (Å²) in [6.07, 6.45) is 5.73. The number of carbonyl (C=O) groups is 1. The molecule has 0 aliphatic heterocycles. The Morgan fingerprint density at radius 3 is 2.63 bits per heavy atom. The minimum atomic E-state index is -0.101. The van der Waals surface area contributed by atoms with Crippen LogP contribution in [0.1, 0.15) is 49.4 Å². The maximum atomic E-state index is 12.6. The summed E-state index contributed by atoms with van der Waals surface area (Å²) >= 11 is 11.7. The van der Waals surface area contributed by atoms with E-state index in [0.29, 0.717) is 18.2 Å². The molecule has 19 heavy (non-hydrogen) atoms. The number of amides is 1. The molecule has 0 aromatic carbocycles. The number of carbonyl (C=O) groups excluding carboxylic acids is 1. The third kappa shape index (κ3) is 3.37. The molecule has 104 valence electrons. The fourth-order valence-electron chi connectivity index (χ4n) is 2.62. The van der Waals surface area contributed by atoms with Gasteiger partial charge < -0.3 is 4.90 Å². The molecule has 1 amide bonds. The summed E-state index contributed by atoms with van der Waals surface area (Å²) in [5.41, 5.74) is 0.342. The molecule has 1 aromatic heterocycles. The predicted molar refractivity (Wildman–Crippen MR) is 75.6 cm³/mol. The van der Waals surface area contributed by atoms with Crippen LogP contribution in [0.3, 0.4) is 0 Å². The SMILES string of the molecule is CCN(C(=O)c1cc(Cl)nnc1Cl)C1CCCCC1. The Balaban J connectivity index is 2.22. The molecule has 0 atom stereocenters. The average Bonchev–Trinajstić information content (AvgIpc) is 2.43. The van der Waals surface area contributed by atoms with Crippen LogP contribution in [0, 0.1) is 0 Å². The van der Waals surface area contributed by atoms with Crippen LogP contribution in [-0.4, -0.2) is 33.6 Å². The van der Waals surface area contributed by atoms with Gasteiger partial charge in [0.1, 0.15) is 0 Å². The smallest absolute Gasteiger partial charge is 0.257 e. The molecule has 1 aliphatic rings. The molecule has 0 N–H and O–H groups in total. The van der Waals surface area contributed by atoms with Gasteiger partial charge in [0.05, 0.1) is 5.56 Å². The second kappa shape index (κ2) is 6.53. The summed E-state index contributed by atoms with van der Waals surface area (Å²) in [5, 5.41) is 7.63. The van der Waals surface area contributed by atoms with E-state index < -0.39 is 0 Å². The van der Waals surface area contributed by atoms with Crippen LogP contribution >= 0.6 is 23.2 Å². The maximum absolute atomic E-state index is 12.6. The summed E-state index contributed by atoms with van der Waals surface area (Å²) in [6, 6.07) is 1.79. The number of hydrogen-bond donors (Lipinski definition) is 0. The van der Waals surface area contributed by atoms with Crippen molar-refractivity contribution in [3.05, 3.63) is 21.9 Å². The molecule has 0 spiro atoms. The molecule has 6 heteroatoms. The first kappa shape index (κ1) is 14.5. The van der Waals surface area contributed by atoms with Crippen LogP contribution in [0.2, 0.25) is 10.3 Å². The van der Waals surface area contributed by atoms with Crippen LogP contribution in [0.25, 0.3) is 0 Å². The summed E-state index contributed by atoms with van der Waals surface area (Å²) in [4.78, 5) is 14.4. The second-order valence-electron chi connectivity index (χ2n) is 4.75. The lowest BCUT2D eigenvalue weighted by atomic mass is 9.94. The molecular weight excluding hydrogens is 285 g/mol. The maximum Gasteiger partial charge on any atom is 0.257 e. The van der Waals surface area contributed by atoms with Gasteiger partial charge in [-0.05, 0) is 25.8 Å². The Morgan fingerprint density at radius 2 is 2.00 bits per heavy atom. The van der Waals surface area contributed by atoms with E-state index in [1.165, 1.54) is 25.3 Å². The number of hydrogen-bond acceptors (Lipinski definition) is 3. The number of aromatic nitrogens is 2. The molecule has 1 fully saturated rings. The van der Waals surface area contributed by atoms with E-state index in [2.05, 4.69) is 10.2 Å². The molecular formula is C13H17Cl2N3O. The van der Waals surface area contributed by atoms with Crippen molar-refractivity contribution in [1.29, 1.82) is 0 Å². The van der Waals surface area contributed by atoms with Crippen molar-refractivity contribution < 1.29 is 4.79 Å². The fourth-order valence-corrected chi connectivity index (χ4v) is 2.94. The van der Waals surface area contributed by atoms with E-state index in [0.717, 1.165) is 12.8 Å². The summed E-state index contributed by atoms with van der Waals surface area (Å²) in [7, 11) is 0. The van der Waals surface area contributed by atoms with Gasteiger partial charge in [0.2, 0.25) is 0 Å². The van der Waals surface area contributed by atoms with E-state index in [9.17, 15) is 4.79 Å². The van der Waals surface area contributed by atoms with Gasteiger partial charge in [0.25, 0.3) is 5.91 Å². The molecule has 0 unspecified atom stereocenters. The highest BCUT2D eigenvalue weighted by molar-refractivity contribution is 6.34. The zero-order chi connectivity index (χ0) is 13.8. The van der Waals surface area contributed by atoms with Crippen molar-refractivity contribution in [3.63, 3.8) is 0 Å². The van der Waals surface area contributed by atoms with E-state index in [1.54, 1.807) is 0 Å². The minimum Gasteiger partial charge on any atom is -0.336 e. The summed E-state index contributed by atoms with van der Waals surface area (Å²) in [5.74, 6) is -0.101. The number of nitrogens with zero attached hydrogens (tertiary/aromatic N) is 3. The monoisotopic (exact) mass is 301 g/mol. The molecule has 2 rings (SSSR count). The predicted octanol–water partition coefficient (Wildman–Crippen LogP) is 3.58. The van der Waals surface area contributed by atoms with Gasteiger partial charge in [-0.15, -0.1) is 10.2 Å². The third-order valence-electron chi connectivity index (χ3n) is 3.57. The summed E-state index contributed by atoms with van der Waals surface area (Å²) in [6.45, 7) is 2.65. The van der Waals surface area contributed by atoms with Gasteiger partial charge in [0, 0.05) is 12.6 Å². The van der Waals surface area contributed by atoms with Gasteiger partial charge in [0.15, 0.2) is 10.3 Å². The second-order valence-corrected chi connectivity index (χ2v) is 5.50. The first-order valence-corrected chi connectivity index (χ1v) is 7.38. The van der Waals surface area contributed by atoms with Crippen LogP contribution in [-0.2, 0) is 0 Å². The molecule has 4 nitrogen and oxygen atoms in total. The molecule has 1 heterocycles. The number of halogens is 2. The van der Waals surface area contributed by atoms with Crippen LogP contribution in [0.15, 0.2) is 6.07 Å². The molecule has 1 aliphatic carbocycles. The largest absolute Gasteiger partial charge is 0.336 e. The van der Waals surface area contributed by atoms with Crippen molar-refractivity contribution in [2.75, 3.05) is 6.54 Å². The molecule has 0 saturated heterocycles. The minimum absolute atomic E-state index is 0.101. The van der Waals surface area contributed by atoms with Gasteiger partial charge in [-0.1, -0.05) is 42.5 Å². The zero-order valence-corrected chi connectivity index (χ0v) is 12.4. The first-order valence-electron chi connectivity index (χ1n) is 6.63. The van der Waals surface area contributed by atoms with E-state index in [1.807, 2.05) is 11.8 Å². The fraction of sp³-hybridized carbons (Fsp3) is 0.615. The Labute approximate surface area is 123 Å². The lowest BCUT2D eigenvalue weighted by Gasteiger charge is -2.33. The van der Waals surface area contributed by atoms with Crippen LogP contribution in [0.5, 0.6) is 0 Å². The van der Waals surface area contributed by atoms with E-state index in [4.69, 9.17) is 23.2 Å². The quantitative estimate of drug-likeness (QED) is 0.857. The highest BCUT2D eigenvalue weighted by Crippen LogP contribution is 2.25. The lowest BCUT2D eigenvalue weighted by Crippen LogP contribution is -2.41. The normalized spacial score (nSPS) is 16.4. The van der Waals surface area contributed by atoms with Crippen molar-refractivity contribution >= 4 is 29.1 Å². The van der Waals surface area contributed by atoms with Crippen molar-refractivity contribution in [1.82, 2.24) is 15.1 Å². The average molecular weight is 302 g/mol. The highest BCUT2D eigenvalue weighted by Gasteiger charge is 2.26. The van der Waals surface area contributed by atoms with Gasteiger partial charge >= 0.3 is 0 Å². The van der Waals surface area contributed by atoms with Crippen molar-refractivity contribution in [2.24, 2.45) is 0 Å². The van der Waals surface area contributed by atoms with Crippen LogP contribution in [0.4, 0.5) is 0 Å². The van der Waals surface area contributed by atoms with Crippen molar-refractivity contribution in [3.8, 4) is 0 Å². The molecule has 1 saturated carbocycles. The Kier molecular flexibility index (Phi) is 4.99. The first-order chi connectivity index (χ1) is 9.13. The van der Waals surface area contributed by atoms with E-state index >= 15 is 0 Å². The van der Waals surface area contributed by atoms with Crippen molar-refractivity contribution in [2.45, 2.75) is 45.1 Å². The standard InChI is InChI=1S/C13H17Cl2N3O/c1-2-18(9-6-4-3-5-7-9)13(19)10-8-11(14)16-17-12(10)15/h8-9H,2-7H2,1H3. The lowest BCUT2D eigenvalue weighted by molar-refractivity contribution is 0.0647. The van der Waals surface area contributed by atoms with Gasteiger partial charge in [-0.3, -0.25) is 4.79 Å². The third-order valence-corrected chi connectivity index (χ3v) is 4.03. The molecule has 0 radical (unpaired) electrons. The molecule has 0 bridgehead atoms. The molecule has 1 aromatic rings. The summed E-state index contributed by atoms with van der Waals surface area (Å²) < 4.78 is 0. The Hall–Kier alpha value is -0.870. The zero-order valence-electron chi connectivity index (χ0n) is 10.9. The Morgan fingerprint density at radius 1 is 1.32 bits per heavy atom.